The SMILES string of the molecule is CC(C)(C)OC(=O)N1C[C@@H](CCCNc2cc(OCc3ccccc3)cc(S(=O)(=O)NC(=O)c3ccc(-n4ccc(OCCC5C6(CC6)C56CC6)n4)nc3Cl)n2)CC1(C)C. The van der Waals surface area contributed by atoms with Gasteiger partial charge < -0.3 is 24.4 Å². The second-order valence-electron chi connectivity index (χ2n) is 18.4. The molecule has 1 atom stereocenters. The highest BCUT2D eigenvalue weighted by molar-refractivity contribution is 7.90. The normalized spacial score (nSPS) is 19.6. The third-order valence-corrected chi connectivity index (χ3v) is 14.1. The number of anilines is 1. The number of likely N-dealkylation sites (tertiary alicyclic amines) is 1. The Kier molecular flexibility index (Phi) is 11.1. The van der Waals surface area contributed by atoms with E-state index in [1.165, 1.54) is 48.6 Å². The number of pyridine rings is 2. The molecule has 2 amide bonds. The van der Waals surface area contributed by atoms with Gasteiger partial charge in [-0.05, 0) is 126 Å². The largest absolute Gasteiger partial charge is 0.489 e. The molecule has 60 heavy (non-hydrogen) atoms. The van der Waals surface area contributed by atoms with Gasteiger partial charge in [-0.15, -0.1) is 5.10 Å². The van der Waals surface area contributed by atoms with Crippen LogP contribution >= 0.6 is 11.6 Å². The van der Waals surface area contributed by atoms with E-state index in [1.807, 2.05) is 65.0 Å². The Morgan fingerprint density at radius 2 is 1.68 bits per heavy atom. The Labute approximate surface area is 356 Å². The molecular weight excluding hydrogens is 806 g/mol. The number of aromatic nitrogens is 4. The predicted molar refractivity (Wildman–Crippen MR) is 226 cm³/mol. The highest BCUT2D eigenvalue weighted by atomic mass is 35.5. The summed E-state index contributed by atoms with van der Waals surface area (Å²) in [4.78, 5) is 36.8. The number of rotatable bonds is 16. The lowest BCUT2D eigenvalue weighted by atomic mass is 9.93. The van der Waals surface area contributed by atoms with Gasteiger partial charge in [0.15, 0.2) is 10.8 Å². The van der Waals surface area contributed by atoms with Crippen LogP contribution in [-0.2, 0) is 21.4 Å². The van der Waals surface area contributed by atoms with Crippen LogP contribution in [-0.4, -0.2) is 75.9 Å². The Balaban J connectivity index is 0.892. The lowest BCUT2D eigenvalue weighted by molar-refractivity contribution is 0.0130. The van der Waals surface area contributed by atoms with Gasteiger partial charge in [-0.1, -0.05) is 41.9 Å². The molecule has 3 aliphatic carbocycles. The van der Waals surface area contributed by atoms with Gasteiger partial charge in [0.25, 0.3) is 15.9 Å². The third-order valence-electron chi connectivity index (χ3n) is 12.5. The number of hydrogen-bond acceptors (Lipinski definition) is 11. The average molecular weight is 860 g/mol. The van der Waals surface area contributed by atoms with Crippen molar-refractivity contribution in [2.45, 2.75) is 109 Å². The molecule has 4 fully saturated rings. The van der Waals surface area contributed by atoms with Crippen molar-refractivity contribution in [3.8, 4) is 17.4 Å². The molecule has 2 spiro atoms. The fraction of sp³-hybridized carbons (Fsp3) is 0.523. The maximum atomic E-state index is 13.7. The van der Waals surface area contributed by atoms with E-state index in [1.54, 1.807) is 23.2 Å². The first-order valence-corrected chi connectivity index (χ1v) is 22.7. The molecule has 16 heteroatoms. The smallest absolute Gasteiger partial charge is 0.410 e. The topological polar surface area (TPSA) is 167 Å². The highest BCUT2D eigenvalue weighted by Gasteiger charge is 2.85. The first kappa shape index (κ1) is 41.8. The fourth-order valence-electron chi connectivity index (χ4n) is 9.46. The zero-order valence-corrected chi connectivity index (χ0v) is 36.4. The summed E-state index contributed by atoms with van der Waals surface area (Å²) in [5.41, 5.74) is 1.09. The minimum Gasteiger partial charge on any atom is -0.489 e. The number of amides is 2. The standard InChI is InChI=1S/C44H54ClN7O7S/c1-41(2,3)59-40(54)51-27-30(26-42(51,4)5)12-9-21-46-34-24-31(58-28-29-10-7-6-8-11-29)25-37(47-34)60(55,56)50-39(53)32-13-14-35(48-38(32)45)52-22-15-36(49-52)57-23-16-33-43(17-18-43)44(33)19-20-44/h6-8,10-11,13-15,22,24-25,30,33H,9,12,16-21,23,26-28H2,1-5H3,(H,46,47)(H,50,53)/t30-/m0/s1. The van der Waals surface area contributed by atoms with E-state index in [9.17, 15) is 18.0 Å². The van der Waals surface area contributed by atoms with Crippen LogP contribution in [0.4, 0.5) is 10.6 Å². The number of halogens is 1. The number of carbonyl (C=O) groups excluding carboxylic acids is 2. The van der Waals surface area contributed by atoms with Crippen molar-refractivity contribution in [1.29, 1.82) is 0 Å². The number of carbonyl (C=O) groups is 2. The quantitative estimate of drug-likeness (QED) is 0.0824. The zero-order chi connectivity index (χ0) is 42.5. The van der Waals surface area contributed by atoms with Gasteiger partial charge in [0.1, 0.15) is 28.9 Å². The number of benzene rings is 1. The summed E-state index contributed by atoms with van der Waals surface area (Å²) in [7, 11) is -4.51. The van der Waals surface area contributed by atoms with Crippen LogP contribution in [0.3, 0.4) is 0 Å². The Morgan fingerprint density at radius 1 is 0.950 bits per heavy atom. The van der Waals surface area contributed by atoms with E-state index in [0.717, 1.165) is 37.2 Å². The number of nitrogens with one attached hydrogen (secondary N) is 2. The molecule has 14 nitrogen and oxygen atoms in total. The van der Waals surface area contributed by atoms with Crippen molar-refractivity contribution >= 4 is 39.4 Å². The number of ether oxygens (including phenoxy) is 3. The summed E-state index contributed by atoms with van der Waals surface area (Å²) in [6.07, 6.45) is 10.3. The van der Waals surface area contributed by atoms with E-state index < -0.39 is 26.6 Å². The fourth-order valence-corrected chi connectivity index (χ4v) is 10.6. The lowest BCUT2D eigenvalue weighted by Crippen LogP contribution is -2.45. The van der Waals surface area contributed by atoms with Gasteiger partial charge in [0.2, 0.25) is 5.88 Å². The first-order valence-electron chi connectivity index (χ1n) is 20.8. The van der Waals surface area contributed by atoms with E-state index in [2.05, 4.69) is 25.1 Å². The van der Waals surface area contributed by atoms with E-state index in [4.69, 9.17) is 25.8 Å². The van der Waals surface area contributed by atoms with Gasteiger partial charge in [0, 0.05) is 43.0 Å². The minimum absolute atomic E-state index is 0.143. The van der Waals surface area contributed by atoms with Crippen LogP contribution in [0.25, 0.3) is 5.82 Å². The van der Waals surface area contributed by atoms with Gasteiger partial charge in [0.05, 0.1) is 12.2 Å². The number of hydrogen-bond donors (Lipinski definition) is 2. The van der Waals surface area contributed by atoms with Crippen LogP contribution in [0.15, 0.2) is 71.9 Å². The molecule has 4 aromatic rings. The van der Waals surface area contributed by atoms with Gasteiger partial charge in [-0.3, -0.25) is 4.79 Å². The van der Waals surface area contributed by atoms with Gasteiger partial charge in [-0.25, -0.2) is 24.2 Å². The molecule has 4 heterocycles. The number of nitrogens with zero attached hydrogens (tertiary/aromatic N) is 5. The second kappa shape index (κ2) is 15.9. The molecule has 3 saturated carbocycles. The monoisotopic (exact) mass is 859 g/mol. The lowest BCUT2D eigenvalue weighted by Gasteiger charge is -2.33. The summed E-state index contributed by atoms with van der Waals surface area (Å²) < 4.78 is 48.7. The van der Waals surface area contributed by atoms with Crippen LogP contribution in [0.1, 0.15) is 102 Å². The van der Waals surface area contributed by atoms with Crippen LogP contribution in [0, 0.1) is 22.7 Å². The number of fused-ring (bicyclic) bond motifs is 1. The van der Waals surface area contributed by atoms with E-state index in [0.29, 0.717) is 42.2 Å². The van der Waals surface area contributed by atoms with Crippen molar-refractivity contribution in [2.24, 2.45) is 22.7 Å². The average Bonchev–Trinajstić information content (AvgIpc) is 4.14. The van der Waals surface area contributed by atoms with E-state index in [-0.39, 0.29) is 46.4 Å². The molecule has 0 bridgehead atoms. The van der Waals surface area contributed by atoms with Crippen molar-refractivity contribution < 1.29 is 32.2 Å². The minimum atomic E-state index is -4.51. The summed E-state index contributed by atoms with van der Waals surface area (Å²) in [6, 6.07) is 17.0. The summed E-state index contributed by atoms with van der Waals surface area (Å²) in [5, 5.41) is 7.08. The Bertz CT molecular complexity index is 2340. The number of sulfonamides is 1. The Morgan fingerprint density at radius 3 is 2.37 bits per heavy atom. The van der Waals surface area contributed by atoms with Crippen LogP contribution < -0.4 is 19.5 Å². The zero-order valence-electron chi connectivity index (χ0n) is 34.9. The van der Waals surface area contributed by atoms with Crippen LogP contribution in [0.5, 0.6) is 11.6 Å². The van der Waals surface area contributed by atoms with Gasteiger partial charge in [-0.2, -0.15) is 8.42 Å². The van der Waals surface area contributed by atoms with Crippen molar-refractivity contribution in [3.63, 3.8) is 0 Å². The van der Waals surface area contributed by atoms with E-state index >= 15 is 0 Å². The maximum absolute atomic E-state index is 13.7. The van der Waals surface area contributed by atoms with Crippen molar-refractivity contribution in [3.05, 3.63) is 83.1 Å². The van der Waals surface area contributed by atoms with Gasteiger partial charge >= 0.3 is 6.09 Å². The molecule has 4 aliphatic rings. The second-order valence-corrected chi connectivity index (χ2v) is 20.4. The summed E-state index contributed by atoms with van der Waals surface area (Å²) >= 11 is 6.47. The molecule has 320 valence electrons. The first-order chi connectivity index (χ1) is 28.5. The molecule has 2 N–H and O–H groups in total. The third kappa shape index (κ3) is 8.93. The molecular formula is C44H54ClN7O7S. The predicted octanol–water partition coefficient (Wildman–Crippen LogP) is 8.20. The molecule has 0 radical (unpaired) electrons. The summed E-state index contributed by atoms with van der Waals surface area (Å²) in [5.74, 6) is 1.38. The van der Waals surface area contributed by atoms with Crippen molar-refractivity contribution in [2.75, 3.05) is 25.0 Å². The molecule has 3 aromatic heterocycles. The molecule has 0 unspecified atom stereocenters. The molecule has 1 aromatic carbocycles. The molecule has 1 aliphatic heterocycles. The molecule has 8 rings (SSSR count). The van der Waals surface area contributed by atoms with Crippen molar-refractivity contribution in [1.82, 2.24) is 29.4 Å². The molecule has 1 saturated heterocycles. The highest BCUT2D eigenvalue weighted by Crippen LogP contribution is 2.93. The Hall–Kier alpha value is -4.89. The maximum Gasteiger partial charge on any atom is 0.410 e. The summed E-state index contributed by atoms with van der Waals surface area (Å²) in [6.45, 7) is 11.5. The van der Waals surface area contributed by atoms with Crippen LogP contribution in [0.2, 0.25) is 5.15 Å².